The molecule has 1 saturated carbocycles. The van der Waals surface area contributed by atoms with Crippen LogP contribution in [0.25, 0.3) is 0 Å². The zero-order valence-electron chi connectivity index (χ0n) is 19.1. The Bertz CT molecular complexity index is 1140. The molecule has 180 valence electrons. The molecule has 2 atom stereocenters. The summed E-state index contributed by atoms with van der Waals surface area (Å²) in [5.74, 6) is 0.288. The number of thioether (sulfide) groups is 1. The van der Waals surface area contributed by atoms with Crippen molar-refractivity contribution in [1.29, 1.82) is 0 Å². The van der Waals surface area contributed by atoms with Crippen LogP contribution in [0.5, 0.6) is 0 Å². The summed E-state index contributed by atoms with van der Waals surface area (Å²) in [5.41, 5.74) is 8.33. The quantitative estimate of drug-likeness (QED) is 0.353. The fourth-order valence-corrected chi connectivity index (χ4v) is 6.96. The molecule has 2 saturated heterocycles. The maximum absolute atomic E-state index is 13.0. The Morgan fingerprint density at radius 1 is 1.29 bits per heavy atom. The van der Waals surface area contributed by atoms with E-state index in [0.717, 1.165) is 54.2 Å². The first kappa shape index (κ1) is 23.0. The van der Waals surface area contributed by atoms with E-state index in [2.05, 4.69) is 19.7 Å². The first-order valence-electron chi connectivity index (χ1n) is 11.4. The number of carbonyl (C=O) groups is 3. The summed E-state index contributed by atoms with van der Waals surface area (Å²) in [6.07, 6.45) is 7.33. The van der Waals surface area contributed by atoms with Crippen molar-refractivity contribution in [3.05, 3.63) is 28.7 Å². The topological polar surface area (TPSA) is 134 Å². The zero-order chi connectivity index (χ0) is 24.0. The number of amides is 3. The summed E-state index contributed by atoms with van der Waals surface area (Å²) in [6, 6.07) is -0.271. The highest BCUT2D eigenvalue weighted by Gasteiger charge is 2.51. The molecule has 3 amide bonds. The van der Waals surface area contributed by atoms with Crippen molar-refractivity contribution in [2.45, 2.75) is 56.5 Å². The molecule has 12 heteroatoms. The molecule has 1 aliphatic carbocycles. The predicted molar refractivity (Wildman–Crippen MR) is 131 cm³/mol. The Morgan fingerprint density at radius 2 is 2.06 bits per heavy atom. The predicted octanol–water partition coefficient (Wildman–Crippen LogP) is 1.31. The molecule has 0 aromatic carbocycles. The summed E-state index contributed by atoms with van der Waals surface area (Å²) >= 11 is 2.56. The molecular formula is C22H27N7O3S2. The van der Waals surface area contributed by atoms with Gasteiger partial charge in [-0.2, -0.15) is 9.36 Å². The number of nitrogens with zero attached hydrogens (tertiary/aromatic N) is 5. The Labute approximate surface area is 205 Å². The van der Waals surface area contributed by atoms with Gasteiger partial charge in [-0.15, -0.1) is 11.8 Å². The lowest BCUT2D eigenvalue weighted by atomic mass is 10.0. The first-order valence-corrected chi connectivity index (χ1v) is 13.2. The number of carbonyl (C=O) groups excluding carboxylic acids is 3. The minimum atomic E-state index is -0.652. The molecule has 34 heavy (non-hydrogen) atoms. The molecule has 4 aliphatic rings. The van der Waals surface area contributed by atoms with E-state index in [-0.39, 0.29) is 33.9 Å². The van der Waals surface area contributed by atoms with Gasteiger partial charge in [0.2, 0.25) is 5.91 Å². The van der Waals surface area contributed by atoms with Gasteiger partial charge in [0, 0.05) is 48.2 Å². The lowest BCUT2D eigenvalue weighted by molar-refractivity contribution is -0.144. The van der Waals surface area contributed by atoms with Crippen molar-refractivity contribution in [3.8, 4) is 0 Å². The molecule has 3 aliphatic heterocycles. The molecule has 1 aromatic heterocycles. The molecule has 10 nitrogen and oxygen atoms in total. The van der Waals surface area contributed by atoms with Crippen LogP contribution in [0, 0.1) is 0 Å². The third-order valence-corrected chi connectivity index (χ3v) is 8.77. The molecule has 0 unspecified atom stereocenters. The fourth-order valence-electron chi connectivity index (χ4n) is 5.09. The smallest absolute Gasteiger partial charge is 0.274 e. The largest absolute Gasteiger partial charge is 0.374 e. The van der Waals surface area contributed by atoms with Crippen LogP contribution in [-0.4, -0.2) is 79.4 Å². The molecule has 1 aromatic rings. The van der Waals surface area contributed by atoms with Gasteiger partial charge in [-0.1, -0.05) is 12.8 Å². The summed E-state index contributed by atoms with van der Waals surface area (Å²) in [4.78, 5) is 50.4. The second-order valence-corrected chi connectivity index (χ2v) is 10.7. The molecule has 3 N–H and O–H groups in total. The Hall–Kier alpha value is -2.73. The van der Waals surface area contributed by atoms with E-state index in [4.69, 9.17) is 5.73 Å². The number of hydrogen-bond acceptors (Lipinski definition) is 9. The minimum Gasteiger partial charge on any atom is -0.374 e. The van der Waals surface area contributed by atoms with E-state index in [1.54, 1.807) is 16.7 Å². The van der Waals surface area contributed by atoms with E-state index in [1.165, 1.54) is 19.9 Å². The van der Waals surface area contributed by atoms with E-state index in [1.807, 2.05) is 17.9 Å². The van der Waals surface area contributed by atoms with Crippen molar-refractivity contribution in [3.63, 3.8) is 0 Å². The molecule has 0 radical (unpaired) electrons. The highest BCUT2D eigenvalue weighted by molar-refractivity contribution is 8.00. The number of β-lactam (4-membered cyclic amide) rings is 1. The number of nitrogen functional groups attached to an aromatic ring is 1. The molecule has 0 bridgehead atoms. The summed E-state index contributed by atoms with van der Waals surface area (Å²) in [6.45, 7) is 2.69. The van der Waals surface area contributed by atoms with Crippen LogP contribution in [0.1, 0.15) is 44.9 Å². The molecule has 5 rings (SSSR count). The number of nitrogens with one attached hydrogen (secondary N) is 1. The first-order chi connectivity index (χ1) is 16.4. The lowest BCUT2D eigenvalue weighted by Crippen LogP contribution is -2.70. The van der Waals surface area contributed by atoms with Gasteiger partial charge in [-0.25, -0.2) is 0 Å². The number of rotatable bonds is 5. The van der Waals surface area contributed by atoms with Crippen LogP contribution < -0.4 is 11.1 Å². The van der Waals surface area contributed by atoms with Gasteiger partial charge < -0.3 is 16.0 Å². The number of nitrogens with two attached hydrogens (primary N) is 1. The Balaban J connectivity index is 1.27. The van der Waals surface area contributed by atoms with Gasteiger partial charge >= 0.3 is 0 Å². The normalized spacial score (nSPS) is 27.0. The number of aliphatic imine (C=N–C) groups is 1. The van der Waals surface area contributed by atoms with E-state index in [9.17, 15) is 14.4 Å². The van der Waals surface area contributed by atoms with Gasteiger partial charge in [0.15, 0.2) is 16.7 Å². The lowest BCUT2D eigenvalue weighted by Gasteiger charge is -2.49. The molecular weight excluding hydrogens is 474 g/mol. The number of anilines is 1. The van der Waals surface area contributed by atoms with Gasteiger partial charge in [-0.05, 0) is 37.8 Å². The van der Waals surface area contributed by atoms with Crippen LogP contribution >= 0.6 is 23.3 Å². The van der Waals surface area contributed by atoms with E-state index in [0.29, 0.717) is 11.8 Å². The Kier molecular flexibility index (Phi) is 6.19. The van der Waals surface area contributed by atoms with Gasteiger partial charge in [0.25, 0.3) is 11.8 Å². The summed E-state index contributed by atoms with van der Waals surface area (Å²) in [7, 11) is 1.47. The second-order valence-electron chi connectivity index (χ2n) is 8.86. The number of allylic oxidation sites excluding steroid dienone is 2. The van der Waals surface area contributed by atoms with Crippen LogP contribution in [0.4, 0.5) is 5.13 Å². The number of hydrogen-bond donors (Lipinski definition) is 2. The number of fused-ring (bicyclic) bond motifs is 1. The maximum atomic E-state index is 13.0. The van der Waals surface area contributed by atoms with Crippen LogP contribution in [-0.2, 0) is 14.4 Å². The van der Waals surface area contributed by atoms with Crippen molar-refractivity contribution in [2.24, 2.45) is 4.99 Å². The average molecular weight is 502 g/mol. The molecule has 3 fully saturated rings. The highest BCUT2D eigenvalue weighted by Crippen LogP contribution is 2.41. The fraction of sp³-hybridized carbons (Fsp3) is 0.545. The van der Waals surface area contributed by atoms with Crippen LogP contribution in [0.3, 0.4) is 0 Å². The van der Waals surface area contributed by atoms with Gasteiger partial charge in [0.05, 0.1) is 0 Å². The minimum absolute atomic E-state index is 0.0456. The number of likely N-dealkylation sites (tertiary alicyclic amines) is 1. The summed E-state index contributed by atoms with van der Waals surface area (Å²) < 4.78 is 4.04. The van der Waals surface area contributed by atoms with Gasteiger partial charge in [-0.3, -0.25) is 24.3 Å². The molecule has 4 heterocycles. The van der Waals surface area contributed by atoms with Crippen molar-refractivity contribution >= 4 is 51.9 Å². The highest BCUT2D eigenvalue weighted by atomic mass is 32.2. The Morgan fingerprint density at radius 3 is 2.74 bits per heavy atom. The number of aromatic nitrogens is 2. The third kappa shape index (κ3) is 3.92. The van der Waals surface area contributed by atoms with Crippen molar-refractivity contribution in [1.82, 2.24) is 24.5 Å². The van der Waals surface area contributed by atoms with E-state index < -0.39 is 11.9 Å². The summed E-state index contributed by atoms with van der Waals surface area (Å²) in [5, 5.41) is 2.83. The van der Waals surface area contributed by atoms with Gasteiger partial charge in [0.1, 0.15) is 11.4 Å². The van der Waals surface area contributed by atoms with Crippen molar-refractivity contribution < 1.29 is 14.4 Å². The average Bonchev–Trinajstić information content (AvgIpc) is 3.56. The second kappa shape index (κ2) is 9.14. The van der Waals surface area contributed by atoms with Crippen molar-refractivity contribution in [2.75, 3.05) is 25.1 Å². The standard InChI is InChI=1S/C22H27N7O3S2/c1-11-13(9-12-7-8-28(19(12)31)14-5-3-4-6-14)10-33-21-16(20(32)29(11)21)25-18(30)15(24-2)17-26-22(23)34-27-17/h9,14,16,21H,3-8,10H2,1-2H3,(H,25,30)(H2,23,26,27)/b12-9+,24-15?/t16-,21-/m1/s1. The van der Waals surface area contributed by atoms with Crippen LogP contribution in [0.2, 0.25) is 0 Å². The third-order valence-electron chi connectivity index (χ3n) is 6.93. The SMILES string of the molecule is CN=C(C(=O)N[C@@H]1C(=O)N2C(C)=C(/C=C3\CCN(C4CCCC4)C3=O)CS[C@H]12)c1nsc(N)n1. The van der Waals surface area contributed by atoms with E-state index >= 15 is 0 Å². The van der Waals surface area contributed by atoms with Crippen LogP contribution in [0.15, 0.2) is 27.9 Å². The maximum Gasteiger partial charge on any atom is 0.274 e. The zero-order valence-corrected chi connectivity index (χ0v) is 20.7. The monoisotopic (exact) mass is 501 g/mol. The molecule has 0 spiro atoms.